The first-order chi connectivity index (χ1) is 11.3. The topological polar surface area (TPSA) is 50.3 Å². The molecule has 5 heteroatoms. The quantitative estimate of drug-likeness (QED) is 0.919. The largest absolute Gasteiger partial charge is 0.378 e. The van der Waals surface area contributed by atoms with Crippen LogP contribution in [0.15, 0.2) is 30.6 Å². The van der Waals surface area contributed by atoms with Crippen molar-refractivity contribution in [2.24, 2.45) is 0 Å². The lowest BCUT2D eigenvalue weighted by atomic mass is 10.0. The maximum absolute atomic E-state index is 5.41. The zero-order valence-electron chi connectivity index (χ0n) is 13.9. The fraction of sp³-hybridized carbons (Fsp3) is 0.444. The zero-order valence-corrected chi connectivity index (χ0v) is 13.9. The van der Waals surface area contributed by atoms with Crippen molar-refractivity contribution in [3.63, 3.8) is 0 Å². The average Bonchev–Trinajstić information content (AvgIpc) is 2.63. The molecule has 2 aromatic rings. The summed E-state index contributed by atoms with van der Waals surface area (Å²) in [6, 6.07) is 8.50. The molecule has 23 heavy (non-hydrogen) atoms. The first kappa shape index (κ1) is 15.7. The van der Waals surface area contributed by atoms with Crippen LogP contribution in [0, 0.1) is 0 Å². The maximum atomic E-state index is 5.41. The van der Waals surface area contributed by atoms with Gasteiger partial charge < -0.3 is 15.0 Å². The SMILES string of the molecule is CCc1cccc(CC)c1Nc1cc(N2CCOCC2)ncn1. The molecule has 1 N–H and O–H groups in total. The fourth-order valence-corrected chi connectivity index (χ4v) is 2.91. The summed E-state index contributed by atoms with van der Waals surface area (Å²) >= 11 is 0. The van der Waals surface area contributed by atoms with Gasteiger partial charge in [-0.1, -0.05) is 32.0 Å². The van der Waals surface area contributed by atoms with Gasteiger partial charge in [-0.05, 0) is 24.0 Å². The van der Waals surface area contributed by atoms with Gasteiger partial charge in [0.25, 0.3) is 0 Å². The van der Waals surface area contributed by atoms with Crippen LogP contribution in [0.4, 0.5) is 17.3 Å². The second kappa shape index (κ2) is 7.42. The Morgan fingerprint density at radius 2 is 1.78 bits per heavy atom. The van der Waals surface area contributed by atoms with E-state index in [9.17, 15) is 0 Å². The molecule has 1 aromatic heterocycles. The van der Waals surface area contributed by atoms with Gasteiger partial charge in [-0.25, -0.2) is 9.97 Å². The molecule has 0 bridgehead atoms. The van der Waals surface area contributed by atoms with E-state index in [-0.39, 0.29) is 0 Å². The second-order valence-corrected chi connectivity index (χ2v) is 5.64. The van der Waals surface area contributed by atoms with Crippen LogP contribution in [0.3, 0.4) is 0 Å². The van der Waals surface area contributed by atoms with E-state index in [1.54, 1.807) is 6.33 Å². The molecule has 0 aliphatic carbocycles. The van der Waals surface area contributed by atoms with E-state index in [0.29, 0.717) is 0 Å². The molecule has 0 amide bonds. The lowest BCUT2D eigenvalue weighted by Gasteiger charge is -2.27. The predicted molar refractivity (Wildman–Crippen MR) is 93.5 cm³/mol. The van der Waals surface area contributed by atoms with Crippen molar-refractivity contribution in [1.82, 2.24) is 9.97 Å². The van der Waals surface area contributed by atoms with E-state index in [4.69, 9.17) is 4.74 Å². The van der Waals surface area contributed by atoms with Crippen molar-refractivity contribution in [2.45, 2.75) is 26.7 Å². The van der Waals surface area contributed by atoms with Crippen LogP contribution in [0.25, 0.3) is 0 Å². The Bertz CT molecular complexity index is 631. The van der Waals surface area contributed by atoms with E-state index in [0.717, 1.165) is 50.8 Å². The summed E-state index contributed by atoms with van der Waals surface area (Å²) in [6.45, 7) is 7.62. The minimum atomic E-state index is 0.755. The number of rotatable bonds is 5. The first-order valence-electron chi connectivity index (χ1n) is 8.34. The number of hydrogen-bond acceptors (Lipinski definition) is 5. The van der Waals surface area contributed by atoms with Gasteiger partial charge in [0.15, 0.2) is 0 Å². The minimum absolute atomic E-state index is 0.755. The van der Waals surface area contributed by atoms with Crippen LogP contribution in [-0.2, 0) is 17.6 Å². The van der Waals surface area contributed by atoms with Gasteiger partial charge in [-0.2, -0.15) is 0 Å². The summed E-state index contributed by atoms with van der Waals surface area (Å²) in [7, 11) is 0. The van der Waals surface area contributed by atoms with Gasteiger partial charge in [0.2, 0.25) is 0 Å². The maximum Gasteiger partial charge on any atom is 0.135 e. The van der Waals surface area contributed by atoms with E-state index < -0.39 is 0 Å². The molecule has 0 unspecified atom stereocenters. The average molecular weight is 312 g/mol. The van der Waals surface area contributed by atoms with Gasteiger partial charge in [-0.3, -0.25) is 0 Å². The van der Waals surface area contributed by atoms with Gasteiger partial charge in [0.05, 0.1) is 13.2 Å². The van der Waals surface area contributed by atoms with Gasteiger partial charge in [0.1, 0.15) is 18.0 Å². The number of nitrogens with one attached hydrogen (secondary N) is 1. The number of para-hydroxylation sites is 1. The number of aryl methyl sites for hydroxylation is 2. The van der Waals surface area contributed by atoms with Crippen LogP contribution in [0.1, 0.15) is 25.0 Å². The Morgan fingerprint density at radius 3 is 2.43 bits per heavy atom. The molecular formula is C18H24N4O. The molecule has 0 atom stereocenters. The predicted octanol–water partition coefficient (Wildman–Crippen LogP) is 3.18. The Balaban J connectivity index is 1.86. The monoisotopic (exact) mass is 312 g/mol. The number of aromatic nitrogens is 2. The summed E-state index contributed by atoms with van der Waals surface area (Å²) in [5.74, 6) is 1.80. The van der Waals surface area contributed by atoms with E-state index in [2.05, 4.69) is 52.2 Å². The van der Waals surface area contributed by atoms with E-state index in [1.165, 1.54) is 16.8 Å². The highest BCUT2D eigenvalue weighted by Gasteiger charge is 2.14. The smallest absolute Gasteiger partial charge is 0.135 e. The standard InChI is InChI=1S/C18H24N4O/c1-3-14-6-5-7-15(4-2)18(14)21-16-12-17(20-13-19-16)22-8-10-23-11-9-22/h5-7,12-13H,3-4,8-11H2,1-2H3,(H,19,20,21). The molecule has 1 saturated heterocycles. The molecule has 1 aliphatic rings. The highest BCUT2D eigenvalue weighted by molar-refractivity contribution is 5.66. The summed E-state index contributed by atoms with van der Waals surface area (Å²) in [4.78, 5) is 11.0. The summed E-state index contributed by atoms with van der Waals surface area (Å²) in [5, 5.41) is 3.51. The number of anilines is 3. The molecule has 122 valence electrons. The van der Waals surface area contributed by atoms with Crippen molar-refractivity contribution >= 4 is 17.3 Å². The van der Waals surface area contributed by atoms with Crippen molar-refractivity contribution < 1.29 is 4.74 Å². The third-order valence-electron chi connectivity index (χ3n) is 4.24. The van der Waals surface area contributed by atoms with Gasteiger partial charge in [-0.15, -0.1) is 0 Å². The van der Waals surface area contributed by atoms with E-state index in [1.807, 2.05) is 6.07 Å². The number of benzene rings is 1. The van der Waals surface area contributed by atoms with Crippen LogP contribution in [0.5, 0.6) is 0 Å². The molecule has 1 aliphatic heterocycles. The number of nitrogens with zero attached hydrogens (tertiary/aromatic N) is 3. The molecule has 0 spiro atoms. The zero-order chi connectivity index (χ0) is 16.1. The highest BCUT2D eigenvalue weighted by Crippen LogP contribution is 2.26. The Morgan fingerprint density at radius 1 is 1.09 bits per heavy atom. The normalized spacial score (nSPS) is 14.8. The van der Waals surface area contributed by atoms with Gasteiger partial charge in [0, 0.05) is 24.8 Å². The molecule has 5 nitrogen and oxygen atoms in total. The molecule has 1 fully saturated rings. The Kier molecular flexibility index (Phi) is 5.08. The first-order valence-corrected chi connectivity index (χ1v) is 8.34. The van der Waals surface area contributed by atoms with Gasteiger partial charge >= 0.3 is 0 Å². The Hall–Kier alpha value is -2.14. The number of hydrogen-bond donors (Lipinski definition) is 1. The van der Waals surface area contributed by atoms with Crippen molar-refractivity contribution in [3.05, 3.63) is 41.7 Å². The summed E-state index contributed by atoms with van der Waals surface area (Å²) in [5.41, 5.74) is 3.82. The summed E-state index contributed by atoms with van der Waals surface area (Å²) < 4.78 is 5.41. The Labute approximate surface area is 137 Å². The molecule has 2 heterocycles. The number of morpholine rings is 1. The molecule has 3 rings (SSSR count). The van der Waals surface area contributed by atoms with Crippen LogP contribution < -0.4 is 10.2 Å². The molecular weight excluding hydrogens is 288 g/mol. The fourth-order valence-electron chi connectivity index (χ4n) is 2.91. The van der Waals surface area contributed by atoms with Crippen molar-refractivity contribution in [3.8, 4) is 0 Å². The second-order valence-electron chi connectivity index (χ2n) is 5.64. The number of ether oxygens (including phenoxy) is 1. The molecule has 0 radical (unpaired) electrons. The van der Waals surface area contributed by atoms with Crippen LogP contribution >= 0.6 is 0 Å². The lowest BCUT2D eigenvalue weighted by molar-refractivity contribution is 0.122. The molecule has 0 saturated carbocycles. The molecule has 1 aromatic carbocycles. The lowest BCUT2D eigenvalue weighted by Crippen LogP contribution is -2.36. The van der Waals surface area contributed by atoms with E-state index >= 15 is 0 Å². The van der Waals surface area contributed by atoms with Crippen molar-refractivity contribution in [2.75, 3.05) is 36.5 Å². The van der Waals surface area contributed by atoms with Crippen molar-refractivity contribution in [1.29, 1.82) is 0 Å². The van der Waals surface area contributed by atoms with Crippen LogP contribution in [0.2, 0.25) is 0 Å². The van der Waals surface area contributed by atoms with Crippen LogP contribution in [-0.4, -0.2) is 36.3 Å². The third kappa shape index (κ3) is 3.62. The highest BCUT2D eigenvalue weighted by atomic mass is 16.5. The minimum Gasteiger partial charge on any atom is -0.378 e. The summed E-state index contributed by atoms with van der Waals surface area (Å²) in [6.07, 6.45) is 3.63. The third-order valence-corrected chi connectivity index (χ3v) is 4.24.